The predicted octanol–water partition coefficient (Wildman–Crippen LogP) is -1.75. The Kier molecular flexibility index (Phi) is 6.46. The SMILES string of the molecule is CCCS(=O)(=O)CCNCC(O)C(N)=O. The fourth-order valence-corrected chi connectivity index (χ4v) is 2.26. The number of hydrogen-bond donors (Lipinski definition) is 3. The molecule has 0 rings (SSSR count). The third-order valence-corrected chi connectivity index (χ3v) is 3.63. The second-order valence-corrected chi connectivity index (χ2v) is 5.58. The lowest BCUT2D eigenvalue weighted by atomic mass is 10.3. The minimum Gasteiger partial charge on any atom is -0.382 e. The normalized spacial score (nSPS) is 13.7. The molecule has 0 aromatic carbocycles. The fraction of sp³-hybridized carbons (Fsp3) is 0.875. The molecule has 90 valence electrons. The highest BCUT2D eigenvalue weighted by Gasteiger charge is 2.11. The lowest BCUT2D eigenvalue weighted by Crippen LogP contribution is -2.39. The third kappa shape index (κ3) is 7.29. The van der Waals surface area contributed by atoms with Crippen molar-refractivity contribution in [2.24, 2.45) is 5.73 Å². The second kappa shape index (κ2) is 6.76. The van der Waals surface area contributed by atoms with Gasteiger partial charge in [0.1, 0.15) is 6.10 Å². The van der Waals surface area contributed by atoms with Crippen molar-refractivity contribution in [1.82, 2.24) is 5.32 Å². The Labute approximate surface area is 89.8 Å². The highest BCUT2D eigenvalue weighted by Crippen LogP contribution is 1.92. The molecule has 1 amide bonds. The maximum atomic E-state index is 11.2. The number of aliphatic hydroxyl groups is 1. The first kappa shape index (κ1) is 14.3. The molecule has 0 saturated carbocycles. The molecule has 0 fully saturated rings. The van der Waals surface area contributed by atoms with Crippen molar-refractivity contribution < 1.29 is 18.3 Å². The number of rotatable bonds is 8. The number of aliphatic hydroxyl groups excluding tert-OH is 1. The smallest absolute Gasteiger partial charge is 0.247 e. The minimum atomic E-state index is -3.01. The van der Waals surface area contributed by atoms with Crippen LogP contribution in [0.4, 0.5) is 0 Å². The summed E-state index contributed by atoms with van der Waals surface area (Å²) in [4.78, 5) is 10.4. The Balaban J connectivity index is 3.67. The zero-order valence-electron chi connectivity index (χ0n) is 8.77. The standard InChI is InChI=1S/C8H18N2O4S/c1-2-4-15(13,14)5-3-10-6-7(11)8(9)12/h7,10-11H,2-6H2,1H3,(H2,9,12). The Bertz CT molecular complexity index is 289. The second-order valence-electron chi connectivity index (χ2n) is 3.27. The minimum absolute atomic E-state index is 0.00627. The molecular weight excluding hydrogens is 220 g/mol. The molecule has 0 saturated heterocycles. The molecule has 0 spiro atoms. The molecule has 4 N–H and O–H groups in total. The first-order valence-corrected chi connectivity index (χ1v) is 6.59. The molecule has 0 heterocycles. The number of sulfone groups is 1. The van der Waals surface area contributed by atoms with E-state index in [0.29, 0.717) is 6.42 Å². The number of nitrogens with two attached hydrogens (primary N) is 1. The summed E-state index contributed by atoms with van der Waals surface area (Å²) in [6.45, 7) is 1.99. The van der Waals surface area contributed by atoms with Gasteiger partial charge in [-0.05, 0) is 6.42 Å². The summed E-state index contributed by atoms with van der Waals surface area (Å²) in [6.07, 6.45) is -0.675. The van der Waals surface area contributed by atoms with Crippen molar-refractivity contribution >= 4 is 15.7 Å². The van der Waals surface area contributed by atoms with E-state index in [0.717, 1.165) is 0 Å². The van der Waals surface area contributed by atoms with Crippen LogP contribution in [0, 0.1) is 0 Å². The summed E-state index contributed by atoms with van der Waals surface area (Å²) in [5, 5.41) is 11.6. The van der Waals surface area contributed by atoms with Gasteiger partial charge in [0.2, 0.25) is 5.91 Å². The van der Waals surface area contributed by atoms with Crippen LogP contribution >= 0.6 is 0 Å². The molecule has 6 nitrogen and oxygen atoms in total. The number of amides is 1. The molecule has 1 atom stereocenters. The Hall–Kier alpha value is -0.660. The molecule has 0 aromatic rings. The fourth-order valence-electron chi connectivity index (χ4n) is 0.980. The van der Waals surface area contributed by atoms with E-state index >= 15 is 0 Å². The van der Waals surface area contributed by atoms with Gasteiger partial charge in [-0.2, -0.15) is 0 Å². The van der Waals surface area contributed by atoms with E-state index in [9.17, 15) is 13.2 Å². The van der Waals surface area contributed by atoms with E-state index < -0.39 is 21.8 Å². The van der Waals surface area contributed by atoms with E-state index in [1.807, 2.05) is 0 Å². The van der Waals surface area contributed by atoms with Crippen LogP contribution in [0.25, 0.3) is 0 Å². The molecule has 0 aliphatic carbocycles. The van der Waals surface area contributed by atoms with Gasteiger partial charge in [0, 0.05) is 18.8 Å². The van der Waals surface area contributed by atoms with Crippen molar-refractivity contribution in [2.75, 3.05) is 24.6 Å². The van der Waals surface area contributed by atoms with Gasteiger partial charge in [-0.15, -0.1) is 0 Å². The van der Waals surface area contributed by atoms with Crippen molar-refractivity contribution in [1.29, 1.82) is 0 Å². The van der Waals surface area contributed by atoms with Gasteiger partial charge in [0.05, 0.1) is 5.75 Å². The molecule has 0 radical (unpaired) electrons. The predicted molar refractivity (Wildman–Crippen MR) is 57.0 cm³/mol. The summed E-state index contributed by atoms with van der Waals surface area (Å²) < 4.78 is 22.4. The monoisotopic (exact) mass is 238 g/mol. The topological polar surface area (TPSA) is 109 Å². The highest BCUT2D eigenvalue weighted by molar-refractivity contribution is 7.91. The Morgan fingerprint density at radius 3 is 2.53 bits per heavy atom. The first-order valence-electron chi connectivity index (χ1n) is 4.77. The summed E-state index contributed by atoms with van der Waals surface area (Å²) in [5.74, 6) is -0.654. The van der Waals surface area contributed by atoms with E-state index in [1.165, 1.54) is 0 Å². The van der Waals surface area contributed by atoms with Crippen LogP contribution < -0.4 is 11.1 Å². The van der Waals surface area contributed by atoms with E-state index in [4.69, 9.17) is 10.8 Å². The molecular formula is C8H18N2O4S. The van der Waals surface area contributed by atoms with E-state index in [1.54, 1.807) is 6.92 Å². The third-order valence-electron chi connectivity index (χ3n) is 1.77. The summed E-state index contributed by atoms with van der Waals surface area (Å²) in [7, 11) is -3.01. The van der Waals surface area contributed by atoms with Crippen LogP contribution in [0.3, 0.4) is 0 Å². The lowest BCUT2D eigenvalue weighted by Gasteiger charge is -2.08. The number of carbonyl (C=O) groups is 1. The van der Waals surface area contributed by atoms with Crippen LogP contribution in [-0.2, 0) is 14.6 Å². The maximum absolute atomic E-state index is 11.2. The Morgan fingerprint density at radius 2 is 2.07 bits per heavy atom. The molecule has 15 heavy (non-hydrogen) atoms. The van der Waals surface area contributed by atoms with Gasteiger partial charge in [0.25, 0.3) is 0 Å². The maximum Gasteiger partial charge on any atom is 0.247 e. The molecule has 0 aliphatic rings. The largest absolute Gasteiger partial charge is 0.382 e. The number of nitrogens with one attached hydrogen (secondary N) is 1. The average Bonchev–Trinajstić information content (AvgIpc) is 2.11. The van der Waals surface area contributed by atoms with Crippen LogP contribution in [0.15, 0.2) is 0 Å². The van der Waals surface area contributed by atoms with Gasteiger partial charge < -0.3 is 16.2 Å². The zero-order chi connectivity index (χ0) is 11.9. The number of primary amides is 1. The molecule has 7 heteroatoms. The van der Waals surface area contributed by atoms with Gasteiger partial charge in [-0.3, -0.25) is 4.79 Å². The van der Waals surface area contributed by atoms with Crippen LogP contribution in [0.1, 0.15) is 13.3 Å². The number of hydrogen-bond acceptors (Lipinski definition) is 5. The summed E-state index contributed by atoms with van der Waals surface area (Å²) in [6, 6.07) is 0. The van der Waals surface area contributed by atoms with E-state index in [2.05, 4.69) is 5.32 Å². The van der Waals surface area contributed by atoms with Crippen molar-refractivity contribution in [3.05, 3.63) is 0 Å². The highest BCUT2D eigenvalue weighted by atomic mass is 32.2. The molecule has 0 bridgehead atoms. The van der Waals surface area contributed by atoms with Crippen LogP contribution in [-0.4, -0.2) is 50.1 Å². The number of carbonyl (C=O) groups excluding carboxylic acids is 1. The van der Waals surface area contributed by atoms with Gasteiger partial charge in [0.15, 0.2) is 9.84 Å². The first-order chi connectivity index (χ1) is 6.89. The summed E-state index contributed by atoms with van der Waals surface area (Å²) in [5.41, 5.74) is 4.80. The molecule has 0 aromatic heterocycles. The van der Waals surface area contributed by atoms with Crippen molar-refractivity contribution in [3.8, 4) is 0 Å². The van der Waals surface area contributed by atoms with Gasteiger partial charge in [-0.1, -0.05) is 6.92 Å². The summed E-state index contributed by atoms with van der Waals surface area (Å²) >= 11 is 0. The molecule has 1 unspecified atom stereocenters. The van der Waals surface area contributed by atoms with Crippen molar-refractivity contribution in [2.45, 2.75) is 19.4 Å². The van der Waals surface area contributed by atoms with Crippen molar-refractivity contribution in [3.63, 3.8) is 0 Å². The quantitative estimate of drug-likeness (QED) is 0.434. The molecule has 0 aliphatic heterocycles. The Morgan fingerprint density at radius 1 is 1.47 bits per heavy atom. The average molecular weight is 238 g/mol. The van der Waals surface area contributed by atoms with Gasteiger partial charge in [-0.25, -0.2) is 8.42 Å². The van der Waals surface area contributed by atoms with Crippen LogP contribution in [0.2, 0.25) is 0 Å². The van der Waals surface area contributed by atoms with Gasteiger partial charge >= 0.3 is 0 Å². The lowest BCUT2D eigenvalue weighted by molar-refractivity contribution is -0.125. The van der Waals surface area contributed by atoms with E-state index in [-0.39, 0.29) is 24.6 Å². The van der Waals surface area contributed by atoms with Crippen LogP contribution in [0.5, 0.6) is 0 Å². The zero-order valence-corrected chi connectivity index (χ0v) is 9.59.